The molecule has 1 aromatic rings. The van der Waals surface area contributed by atoms with E-state index in [-0.39, 0.29) is 0 Å². The van der Waals surface area contributed by atoms with Crippen molar-refractivity contribution in [3.8, 4) is 0 Å². The molecule has 1 aromatic heterocycles. The number of ether oxygens (including phenoxy) is 1. The zero-order valence-electron chi connectivity index (χ0n) is 11.6. The van der Waals surface area contributed by atoms with Gasteiger partial charge in [0.25, 0.3) is 0 Å². The maximum absolute atomic E-state index is 5.28. The van der Waals surface area contributed by atoms with Crippen LogP contribution in [-0.2, 0) is 11.3 Å². The molecule has 0 bridgehead atoms. The van der Waals surface area contributed by atoms with Gasteiger partial charge in [-0.3, -0.25) is 4.98 Å². The molecule has 1 atom stereocenters. The number of anilines is 1. The van der Waals surface area contributed by atoms with Crippen LogP contribution < -0.4 is 10.2 Å². The molecule has 104 valence electrons. The van der Waals surface area contributed by atoms with E-state index < -0.39 is 0 Å². The second kappa shape index (κ2) is 5.88. The van der Waals surface area contributed by atoms with E-state index in [1.54, 1.807) is 7.11 Å². The predicted molar refractivity (Wildman–Crippen MR) is 76.3 cm³/mol. The van der Waals surface area contributed by atoms with Gasteiger partial charge in [0.15, 0.2) is 0 Å². The molecule has 0 spiro atoms. The molecule has 19 heavy (non-hydrogen) atoms. The zero-order chi connectivity index (χ0) is 13.1. The van der Waals surface area contributed by atoms with Gasteiger partial charge in [0, 0.05) is 62.3 Å². The third-order valence-electron chi connectivity index (χ3n) is 4.07. The third kappa shape index (κ3) is 3.25. The lowest BCUT2D eigenvalue weighted by atomic mass is 10.1. The molecule has 2 fully saturated rings. The van der Waals surface area contributed by atoms with Gasteiger partial charge in [0.1, 0.15) is 0 Å². The number of nitrogens with zero attached hydrogens (tertiary/aromatic N) is 2. The molecule has 1 unspecified atom stereocenters. The van der Waals surface area contributed by atoms with Gasteiger partial charge in [-0.15, -0.1) is 0 Å². The minimum atomic E-state index is 0.669. The van der Waals surface area contributed by atoms with E-state index >= 15 is 0 Å². The van der Waals surface area contributed by atoms with E-state index in [9.17, 15) is 0 Å². The molecule has 0 aromatic carbocycles. The number of hydrogen-bond donors (Lipinski definition) is 1. The van der Waals surface area contributed by atoms with Crippen molar-refractivity contribution in [3.05, 3.63) is 24.0 Å². The Morgan fingerprint density at radius 3 is 3.11 bits per heavy atom. The van der Waals surface area contributed by atoms with Gasteiger partial charge < -0.3 is 15.0 Å². The molecular formula is C15H23N3O. The highest BCUT2D eigenvalue weighted by Crippen LogP contribution is 2.27. The van der Waals surface area contributed by atoms with Crippen molar-refractivity contribution in [1.29, 1.82) is 0 Å². The van der Waals surface area contributed by atoms with Crippen LogP contribution in [-0.4, -0.2) is 37.8 Å². The number of aromatic nitrogens is 1. The smallest absolute Gasteiger partial charge is 0.0508 e. The highest BCUT2D eigenvalue weighted by atomic mass is 16.5. The van der Waals surface area contributed by atoms with Crippen LogP contribution in [0.15, 0.2) is 18.5 Å². The lowest BCUT2D eigenvalue weighted by molar-refractivity contribution is 0.161. The maximum Gasteiger partial charge on any atom is 0.0508 e. The van der Waals surface area contributed by atoms with Crippen molar-refractivity contribution in [2.45, 2.75) is 31.8 Å². The van der Waals surface area contributed by atoms with Crippen LogP contribution in [0.4, 0.5) is 5.69 Å². The Labute approximate surface area is 115 Å². The molecule has 0 amide bonds. The van der Waals surface area contributed by atoms with Gasteiger partial charge in [0.2, 0.25) is 0 Å². The first-order chi connectivity index (χ1) is 9.36. The second-order valence-electron chi connectivity index (χ2n) is 5.72. The summed E-state index contributed by atoms with van der Waals surface area (Å²) in [5.41, 5.74) is 2.68. The fourth-order valence-corrected chi connectivity index (χ4v) is 2.83. The van der Waals surface area contributed by atoms with Crippen LogP contribution >= 0.6 is 0 Å². The first kappa shape index (κ1) is 12.9. The van der Waals surface area contributed by atoms with E-state index in [4.69, 9.17) is 4.74 Å². The summed E-state index contributed by atoms with van der Waals surface area (Å²) in [5, 5.41) is 3.58. The summed E-state index contributed by atoms with van der Waals surface area (Å²) in [4.78, 5) is 6.76. The van der Waals surface area contributed by atoms with Crippen molar-refractivity contribution in [2.24, 2.45) is 5.92 Å². The van der Waals surface area contributed by atoms with Crippen LogP contribution in [0.1, 0.15) is 24.8 Å². The Hall–Kier alpha value is -1.13. The summed E-state index contributed by atoms with van der Waals surface area (Å²) >= 11 is 0. The molecule has 1 saturated carbocycles. The lowest BCUT2D eigenvalue weighted by Crippen LogP contribution is -2.24. The molecule has 4 nitrogen and oxygen atoms in total. The number of nitrogens with one attached hydrogen (secondary N) is 1. The summed E-state index contributed by atoms with van der Waals surface area (Å²) < 4.78 is 5.28. The summed E-state index contributed by atoms with van der Waals surface area (Å²) in [6.45, 7) is 4.05. The van der Waals surface area contributed by atoms with Gasteiger partial charge in [-0.05, 0) is 25.3 Å². The molecule has 3 rings (SSSR count). The molecule has 2 heterocycles. The third-order valence-corrected chi connectivity index (χ3v) is 4.07. The molecular weight excluding hydrogens is 238 g/mol. The Morgan fingerprint density at radius 1 is 1.42 bits per heavy atom. The minimum Gasteiger partial charge on any atom is -0.384 e. The van der Waals surface area contributed by atoms with Gasteiger partial charge in [-0.1, -0.05) is 0 Å². The highest BCUT2D eigenvalue weighted by molar-refractivity contribution is 5.53. The number of methoxy groups -OCH3 is 1. The first-order valence-corrected chi connectivity index (χ1v) is 7.27. The topological polar surface area (TPSA) is 37.4 Å². The minimum absolute atomic E-state index is 0.669. The molecule has 1 saturated heterocycles. The Morgan fingerprint density at radius 2 is 2.32 bits per heavy atom. The molecule has 1 aliphatic carbocycles. The van der Waals surface area contributed by atoms with Crippen molar-refractivity contribution in [1.82, 2.24) is 10.3 Å². The van der Waals surface area contributed by atoms with Crippen LogP contribution in [0, 0.1) is 5.92 Å². The Balaban J connectivity index is 1.65. The van der Waals surface area contributed by atoms with E-state index in [0.717, 1.165) is 32.3 Å². The molecule has 4 heteroatoms. The summed E-state index contributed by atoms with van der Waals surface area (Å²) in [5.74, 6) is 0.669. The predicted octanol–water partition coefficient (Wildman–Crippen LogP) is 1.81. The Bertz CT molecular complexity index is 420. The lowest BCUT2D eigenvalue weighted by Gasteiger charge is -2.22. The molecule has 2 aliphatic rings. The van der Waals surface area contributed by atoms with E-state index in [1.165, 1.54) is 30.5 Å². The maximum atomic E-state index is 5.28. The van der Waals surface area contributed by atoms with Crippen molar-refractivity contribution >= 4 is 5.69 Å². The van der Waals surface area contributed by atoms with Crippen LogP contribution in [0.5, 0.6) is 0 Å². The van der Waals surface area contributed by atoms with Crippen molar-refractivity contribution in [2.75, 3.05) is 31.7 Å². The van der Waals surface area contributed by atoms with E-state index in [2.05, 4.69) is 21.3 Å². The Kier molecular flexibility index (Phi) is 3.99. The monoisotopic (exact) mass is 261 g/mol. The van der Waals surface area contributed by atoms with Crippen LogP contribution in [0.25, 0.3) is 0 Å². The largest absolute Gasteiger partial charge is 0.384 e. The standard InChI is InChI=1S/C15H23N3O/c1-19-11-12-5-7-18(10-12)15-4-6-16-8-13(15)9-17-14-2-3-14/h4,6,8,12,14,17H,2-3,5,7,9-11H2,1H3. The average molecular weight is 261 g/mol. The zero-order valence-corrected chi connectivity index (χ0v) is 11.6. The van der Waals surface area contributed by atoms with Crippen LogP contribution in [0.3, 0.4) is 0 Å². The van der Waals surface area contributed by atoms with Crippen molar-refractivity contribution < 1.29 is 4.74 Å². The molecule has 1 N–H and O–H groups in total. The first-order valence-electron chi connectivity index (χ1n) is 7.27. The average Bonchev–Trinajstić information content (AvgIpc) is 3.16. The SMILES string of the molecule is COCC1CCN(c2ccncc2CNC2CC2)C1. The summed E-state index contributed by atoms with van der Waals surface area (Å²) in [6.07, 6.45) is 7.80. The highest BCUT2D eigenvalue weighted by Gasteiger charge is 2.25. The number of hydrogen-bond acceptors (Lipinski definition) is 4. The van der Waals surface area contributed by atoms with Gasteiger partial charge in [0.05, 0.1) is 6.61 Å². The fourth-order valence-electron chi connectivity index (χ4n) is 2.83. The van der Waals surface area contributed by atoms with Gasteiger partial charge >= 0.3 is 0 Å². The molecule has 1 aliphatic heterocycles. The molecule has 0 radical (unpaired) electrons. The van der Waals surface area contributed by atoms with Crippen LogP contribution in [0.2, 0.25) is 0 Å². The summed E-state index contributed by atoms with van der Waals surface area (Å²) in [6, 6.07) is 2.90. The number of rotatable bonds is 6. The van der Waals surface area contributed by atoms with E-state index in [1.807, 2.05) is 12.4 Å². The van der Waals surface area contributed by atoms with Crippen molar-refractivity contribution in [3.63, 3.8) is 0 Å². The summed E-state index contributed by atoms with van der Waals surface area (Å²) in [7, 11) is 1.79. The van der Waals surface area contributed by atoms with E-state index in [0.29, 0.717) is 5.92 Å². The van der Waals surface area contributed by atoms with Gasteiger partial charge in [-0.25, -0.2) is 0 Å². The quantitative estimate of drug-likeness (QED) is 0.847. The second-order valence-corrected chi connectivity index (χ2v) is 5.72. The number of pyridine rings is 1. The van der Waals surface area contributed by atoms with Gasteiger partial charge in [-0.2, -0.15) is 0 Å². The normalized spacial score (nSPS) is 23.0. The fraction of sp³-hybridized carbons (Fsp3) is 0.667.